The summed E-state index contributed by atoms with van der Waals surface area (Å²) < 4.78 is 6.11. The average Bonchev–Trinajstić information content (AvgIpc) is 2.67. The highest BCUT2D eigenvalue weighted by atomic mass is 35.5. The SMILES string of the molecule is CNC(Cc1c(OCc2ccccc2)cc(Cl)nc1C)c1ccccc1. The van der Waals surface area contributed by atoms with E-state index in [0.717, 1.165) is 29.0 Å². The number of pyridine rings is 1. The molecule has 3 aromatic rings. The first-order valence-electron chi connectivity index (χ1n) is 8.72. The smallest absolute Gasteiger partial charge is 0.133 e. The maximum atomic E-state index is 6.18. The summed E-state index contributed by atoms with van der Waals surface area (Å²) in [5.74, 6) is 0.794. The molecule has 0 saturated carbocycles. The third kappa shape index (κ3) is 4.63. The molecule has 1 atom stereocenters. The number of nitrogens with zero attached hydrogens (tertiary/aromatic N) is 1. The van der Waals surface area contributed by atoms with Crippen LogP contribution in [-0.2, 0) is 13.0 Å². The van der Waals surface area contributed by atoms with Crippen molar-refractivity contribution in [2.24, 2.45) is 0 Å². The molecule has 0 radical (unpaired) electrons. The number of hydrogen-bond donors (Lipinski definition) is 1. The lowest BCUT2D eigenvalue weighted by atomic mass is 9.97. The molecule has 0 spiro atoms. The molecule has 1 N–H and O–H groups in total. The molecule has 0 bridgehead atoms. The molecule has 1 unspecified atom stereocenters. The number of ether oxygens (including phenoxy) is 1. The number of aromatic nitrogens is 1. The molecular weight excluding hydrogens is 344 g/mol. The van der Waals surface area contributed by atoms with Crippen LogP contribution in [0.1, 0.15) is 28.4 Å². The van der Waals surface area contributed by atoms with Crippen molar-refractivity contribution < 1.29 is 4.74 Å². The lowest BCUT2D eigenvalue weighted by Gasteiger charge is -2.20. The molecule has 0 aliphatic rings. The van der Waals surface area contributed by atoms with Crippen LogP contribution in [0.15, 0.2) is 66.7 Å². The number of benzene rings is 2. The van der Waals surface area contributed by atoms with E-state index in [9.17, 15) is 0 Å². The van der Waals surface area contributed by atoms with Crippen LogP contribution in [0.25, 0.3) is 0 Å². The molecule has 26 heavy (non-hydrogen) atoms. The zero-order valence-electron chi connectivity index (χ0n) is 15.1. The van der Waals surface area contributed by atoms with Gasteiger partial charge in [0.25, 0.3) is 0 Å². The van der Waals surface area contributed by atoms with Crippen LogP contribution in [0.2, 0.25) is 5.15 Å². The number of likely N-dealkylation sites (N-methyl/N-ethyl adjacent to an activating group) is 1. The molecule has 2 aromatic carbocycles. The van der Waals surface area contributed by atoms with Gasteiger partial charge in [0.05, 0.1) is 0 Å². The Kier molecular flexibility index (Phi) is 6.26. The predicted molar refractivity (Wildman–Crippen MR) is 107 cm³/mol. The summed E-state index contributed by atoms with van der Waals surface area (Å²) in [4.78, 5) is 4.43. The zero-order chi connectivity index (χ0) is 18.4. The number of nitrogens with one attached hydrogen (secondary N) is 1. The van der Waals surface area contributed by atoms with Gasteiger partial charge in [-0.2, -0.15) is 0 Å². The standard InChI is InChI=1S/C22H23ClN2O/c1-16-19(13-20(24-2)18-11-7-4-8-12-18)21(14-22(23)25-16)26-15-17-9-5-3-6-10-17/h3-12,14,20,24H,13,15H2,1-2H3. The van der Waals surface area contributed by atoms with E-state index in [1.54, 1.807) is 0 Å². The van der Waals surface area contributed by atoms with Crippen molar-refractivity contribution >= 4 is 11.6 Å². The average molecular weight is 367 g/mol. The van der Waals surface area contributed by atoms with Gasteiger partial charge in [0.15, 0.2) is 0 Å². The second kappa shape index (κ2) is 8.84. The molecular formula is C22H23ClN2O. The van der Waals surface area contributed by atoms with Crippen LogP contribution >= 0.6 is 11.6 Å². The highest BCUT2D eigenvalue weighted by Gasteiger charge is 2.17. The number of halogens is 1. The van der Waals surface area contributed by atoms with Crippen molar-refractivity contribution in [2.75, 3.05) is 7.05 Å². The summed E-state index contributed by atoms with van der Waals surface area (Å²) in [6.45, 7) is 2.48. The van der Waals surface area contributed by atoms with Crippen molar-refractivity contribution in [1.82, 2.24) is 10.3 Å². The van der Waals surface area contributed by atoms with E-state index >= 15 is 0 Å². The summed E-state index contributed by atoms with van der Waals surface area (Å²) in [7, 11) is 1.97. The minimum absolute atomic E-state index is 0.178. The minimum Gasteiger partial charge on any atom is -0.488 e. The first kappa shape index (κ1) is 18.4. The summed E-state index contributed by atoms with van der Waals surface area (Å²) >= 11 is 6.18. The van der Waals surface area contributed by atoms with Crippen LogP contribution in [0.5, 0.6) is 5.75 Å². The third-order valence-electron chi connectivity index (χ3n) is 4.45. The van der Waals surface area contributed by atoms with Gasteiger partial charge in [0, 0.05) is 23.4 Å². The molecule has 0 amide bonds. The summed E-state index contributed by atoms with van der Waals surface area (Å²) in [5.41, 5.74) is 4.33. The number of aryl methyl sites for hydroxylation is 1. The Balaban J connectivity index is 1.85. The molecule has 1 aromatic heterocycles. The van der Waals surface area contributed by atoms with E-state index in [1.807, 2.05) is 44.3 Å². The molecule has 0 aliphatic heterocycles. The van der Waals surface area contributed by atoms with Gasteiger partial charge in [-0.15, -0.1) is 0 Å². The zero-order valence-corrected chi connectivity index (χ0v) is 15.8. The normalized spacial score (nSPS) is 12.0. The first-order chi connectivity index (χ1) is 12.7. The summed E-state index contributed by atoms with van der Waals surface area (Å²) in [5, 5.41) is 3.85. The second-order valence-corrected chi connectivity index (χ2v) is 6.62. The van der Waals surface area contributed by atoms with Crippen molar-refractivity contribution in [1.29, 1.82) is 0 Å². The molecule has 134 valence electrons. The molecule has 4 heteroatoms. The van der Waals surface area contributed by atoms with Gasteiger partial charge in [0.2, 0.25) is 0 Å². The van der Waals surface area contributed by atoms with Crippen LogP contribution in [0, 0.1) is 6.92 Å². The van der Waals surface area contributed by atoms with Crippen LogP contribution in [0.3, 0.4) is 0 Å². The fourth-order valence-electron chi connectivity index (χ4n) is 3.02. The van der Waals surface area contributed by atoms with Gasteiger partial charge < -0.3 is 10.1 Å². The van der Waals surface area contributed by atoms with E-state index in [1.165, 1.54) is 5.56 Å². The Hall–Kier alpha value is -2.36. The molecule has 3 nitrogen and oxygen atoms in total. The van der Waals surface area contributed by atoms with Gasteiger partial charge in [-0.05, 0) is 31.5 Å². The topological polar surface area (TPSA) is 34.1 Å². The molecule has 1 heterocycles. The Morgan fingerprint density at radius 2 is 1.69 bits per heavy atom. The Labute approximate surface area is 160 Å². The predicted octanol–water partition coefficient (Wildman–Crippen LogP) is 5.13. The Bertz CT molecular complexity index is 838. The van der Waals surface area contributed by atoms with Gasteiger partial charge >= 0.3 is 0 Å². The Morgan fingerprint density at radius 1 is 1.04 bits per heavy atom. The van der Waals surface area contributed by atoms with Crippen molar-refractivity contribution in [3.05, 3.63) is 94.3 Å². The van der Waals surface area contributed by atoms with E-state index in [0.29, 0.717) is 11.8 Å². The summed E-state index contributed by atoms with van der Waals surface area (Å²) in [6.07, 6.45) is 0.778. The lowest BCUT2D eigenvalue weighted by molar-refractivity contribution is 0.301. The first-order valence-corrected chi connectivity index (χ1v) is 9.10. The molecule has 3 rings (SSSR count). The number of hydrogen-bond acceptors (Lipinski definition) is 3. The second-order valence-electron chi connectivity index (χ2n) is 6.24. The minimum atomic E-state index is 0.178. The quantitative estimate of drug-likeness (QED) is 0.589. The van der Waals surface area contributed by atoms with Crippen molar-refractivity contribution in [3.8, 4) is 5.75 Å². The highest BCUT2D eigenvalue weighted by molar-refractivity contribution is 6.29. The van der Waals surface area contributed by atoms with Crippen molar-refractivity contribution in [2.45, 2.75) is 26.0 Å². The largest absolute Gasteiger partial charge is 0.488 e. The monoisotopic (exact) mass is 366 g/mol. The fraction of sp³-hybridized carbons (Fsp3) is 0.227. The van der Waals surface area contributed by atoms with Crippen LogP contribution in [0.4, 0.5) is 0 Å². The molecule has 0 saturated heterocycles. The maximum absolute atomic E-state index is 6.18. The third-order valence-corrected chi connectivity index (χ3v) is 4.65. The number of rotatable bonds is 7. The Morgan fingerprint density at radius 3 is 2.35 bits per heavy atom. The van der Waals surface area contributed by atoms with Crippen LogP contribution in [-0.4, -0.2) is 12.0 Å². The molecule has 0 aliphatic carbocycles. The van der Waals surface area contributed by atoms with E-state index < -0.39 is 0 Å². The summed E-state index contributed by atoms with van der Waals surface area (Å²) in [6, 6.07) is 22.5. The maximum Gasteiger partial charge on any atom is 0.133 e. The van der Waals surface area contributed by atoms with Gasteiger partial charge in [0.1, 0.15) is 17.5 Å². The van der Waals surface area contributed by atoms with E-state index in [4.69, 9.17) is 16.3 Å². The highest BCUT2D eigenvalue weighted by Crippen LogP contribution is 2.30. The molecule has 0 fully saturated rings. The van der Waals surface area contributed by atoms with E-state index in [2.05, 4.69) is 46.7 Å². The fourth-order valence-corrected chi connectivity index (χ4v) is 3.25. The van der Waals surface area contributed by atoms with Gasteiger partial charge in [-0.25, -0.2) is 4.98 Å². The lowest BCUT2D eigenvalue weighted by Crippen LogP contribution is -2.20. The van der Waals surface area contributed by atoms with Gasteiger partial charge in [-0.3, -0.25) is 0 Å². The van der Waals surface area contributed by atoms with Gasteiger partial charge in [-0.1, -0.05) is 72.3 Å². The van der Waals surface area contributed by atoms with E-state index in [-0.39, 0.29) is 6.04 Å². The van der Waals surface area contributed by atoms with Crippen molar-refractivity contribution in [3.63, 3.8) is 0 Å². The van der Waals surface area contributed by atoms with Crippen LogP contribution < -0.4 is 10.1 Å².